The number of hydrogen-bond acceptors (Lipinski definition) is 0. The summed E-state index contributed by atoms with van der Waals surface area (Å²) >= 11 is 0. The molecule has 0 aromatic heterocycles. The molecule has 0 unspecified atom stereocenters. The predicted molar refractivity (Wildman–Crippen MR) is 137 cm³/mol. The molecule has 0 saturated heterocycles. The van der Waals surface area contributed by atoms with Gasteiger partial charge >= 0.3 is 0 Å². The first-order valence-electron chi connectivity index (χ1n) is 13.5. The van der Waals surface area contributed by atoms with Gasteiger partial charge in [0.15, 0.2) is 0 Å². The van der Waals surface area contributed by atoms with E-state index in [1.807, 2.05) is 0 Å². The van der Waals surface area contributed by atoms with Gasteiger partial charge < -0.3 is 0 Å². The summed E-state index contributed by atoms with van der Waals surface area (Å²) in [6.45, 7) is 12.2. The van der Waals surface area contributed by atoms with E-state index in [1.54, 1.807) is 18.5 Å². The third kappa shape index (κ3) is 15.3. The molecule has 0 aromatic rings. The molecule has 0 aliphatic heterocycles. The summed E-state index contributed by atoms with van der Waals surface area (Å²) in [5.74, 6) is 0. The Labute approximate surface area is 181 Å². The van der Waals surface area contributed by atoms with E-state index in [2.05, 4.69) is 34.6 Å². The Morgan fingerprint density at radius 1 is 0.393 bits per heavy atom. The van der Waals surface area contributed by atoms with E-state index in [-0.39, 0.29) is 0 Å². The van der Waals surface area contributed by atoms with Gasteiger partial charge in [-0.2, -0.15) is 0 Å². The van der Waals surface area contributed by atoms with Crippen LogP contribution >= 0.6 is 7.26 Å². The smallest absolute Gasteiger partial charge is 0.0641 e. The van der Waals surface area contributed by atoms with Crippen molar-refractivity contribution in [3.63, 3.8) is 0 Å². The first-order valence-corrected chi connectivity index (χ1v) is 15.9. The van der Waals surface area contributed by atoms with Gasteiger partial charge in [-0.05, 0) is 52.4 Å². The van der Waals surface area contributed by atoms with Gasteiger partial charge in [0.2, 0.25) is 0 Å². The monoisotopic (exact) mass is 413 g/mol. The molecule has 0 aliphatic carbocycles. The zero-order valence-corrected chi connectivity index (χ0v) is 21.8. The third-order valence-corrected chi connectivity index (χ3v) is 12.8. The van der Waals surface area contributed by atoms with E-state index >= 15 is 0 Å². The lowest BCUT2D eigenvalue weighted by atomic mass is 10.1. The van der Waals surface area contributed by atoms with Crippen molar-refractivity contribution in [2.75, 3.05) is 18.5 Å². The molecule has 1 heteroatoms. The first kappa shape index (κ1) is 28.4. The summed E-state index contributed by atoms with van der Waals surface area (Å²) in [7, 11) is -0.735. The maximum atomic E-state index is 2.58. The zero-order chi connectivity index (χ0) is 20.9. The van der Waals surface area contributed by atoms with E-state index in [9.17, 15) is 0 Å². The van der Waals surface area contributed by atoms with Crippen LogP contribution < -0.4 is 0 Å². The quantitative estimate of drug-likeness (QED) is 0.122. The Morgan fingerprint density at radius 2 is 0.643 bits per heavy atom. The average molecular weight is 414 g/mol. The molecule has 28 heavy (non-hydrogen) atoms. The molecular weight excluding hydrogens is 355 g/mol. The Morgan fingerprint density at radius 3 is 0.893 bits per heavy atom. The van der Waals surface area contributed by atoms with Crippen LogP contribution in [0.3, 0.4) is 0 Å². The van der Waals surface area contributed by atoms with Gasteiger partial charge in [-0.25, -0.2) is 0 Å². The van der Waals surface area contributed by atoms with Crippen LogP contribution in [-0.2, 0) is 0 Å². The van der Waals surface area contributed by atoms with Crippen molar-refractivity contribution in [1.29, 1.82) is 0 Å². The fraction of sp³-hybridized carbons (Fsp3) is 1.00. The van der Waals surface area contributed by atoms with E-state index < -0.39 is 7.26 Å². The lowest BCUT2D eigenvalue weighted by Gasteiger charge is -2.32. The highest BCUT2D eigenvalue weighted by Gasteiger charge is 2.38. The van der Waals surface area contributed by atoms with Crippen LogP contribution in [0, 0.1) is 0 Å². The van der Waals surface area contributed by atoms with E-state index in [0.717, 1.165) is 5.66 Å². The number of rotatable bonds is 22. The summed E-state index contributed by atoms with van der Waals surface area (Å²) < 4.78 is 0. The van der Waals surface area contributed by atoms with Crippen molar-refractivity contribution < 1.29 is 0 Å². The minimum Gasteiger partial charge on any atom is -0.0654 e. The second-order valence-corrected chi connectivity index (χ2v) is 14.6. The molecule has 0 nitrogen and oxygen atoms in total. The Hall–Kier alpha value is 0.430. The maximum absolute atomic E-state index is 2.58. The Balaban J connectivity index is 4.45. The highest BCUT2D eigenvalue weighted by molar-refractivity contribution is 7.76. The topological polar surface area (TPSA) is 0 Å². The molecule has 0 heterocycles. The summed E-state index contributed by atoms with van der Waals surface area (Å²) in [5.41, 5.74) is 0.967. The summed E-state index contributed by atoms with van der Waals surface area (Å²) in [5, 5.41) is 0. The van der Waals surface area contributed by atoms with Crippen molar-refractivity contribution in [2.24, 2.45) is 0 Å². The van der Waals surface area contributed by atoms with E-state index in [4.69, 9.17) is 0 Å². The number of hydrogen-bond donors (Lipinski definition) is 0. The van der Waals surface area contributed by atoms with Crippen LogP contribution in [0.25, 0.3) is 0 Å². The molecule has 0 aromatic carbocycles. The van der Waals surface area contributed by atoms with Gasteiger partial charge in [0, 0.05) is 7.26 Å². The van der Waals surface area contributed by atoms with Crippen LogP contribution in [0.1, 0.15) is 150 Å². The molecular formula is C27H58P+. The third-order valence-electron chi connectivity index (χ3n) is 6.97. The van der Waals surface area contributed by atoms with Crippen molar-refractivity contribution in [3.8, 4) is 0 Å². The predicted octanol–water partition coefficient (Wildman–Crippen LogP) is 10.5. The van der Waals surface area contributed by atoms with Gasteiger partial charge in [0.1, 0.15) is 0 Å². The molecule has 0 spiro atoms. The van der Waals surface area contributed by atoms with Crippen LogP contribution in [0.15, 0.2) is 0 Å². The van der Waals surface area contributed by atoms with Crippen LogP contribution in [0.2, 0.25) is 0 Å². The molecule has 0 fully saturated rings. The molecule has 0 aliphatic rings. The molecule has 0 saturated carbocycles. The fourth-order valence-corrected chi connectivity index (χ4v) is 9.51. The van der Waals surface area contributed by atoms with Gasteiger partial charge in [-0.3, -0.25) is 0 Å². The maximum Gasteiger partial charge on any atom is 0.0641 e. The summed E-state index contributed by atoms with van der Waals surface area (Å²) in [6, 6.07) is 0. The van der Waals surface area contributed by atoms with Crippen LogP contribution in [-0.4, -0.2) is 24.1 Å². The fourth-order valence-electron chi connectivity index (χ4n) is 4.73. The Kier molecular flexibility index (Phi) is 21.0. The standard InChI is InChI=1S/C27H58P/c1-6-9-12-15-18-21-24-28(27(4)5,25-22-19-16-13-10-7-2)26-23-20-17-14-11-8-3/h27H,6-26H2,1-5H3/q+1. The molecule has 0 atom stereocenters. The van der Waals surface area contributed by atoms with Crippen molar-refractivity contribution >= 4 is 7.26 Å². The average Bonchev–Trinajstić information content (AvgIpc) is 2.69. The Bertz CT molecular complexity index is 256. The highest BCUT2D eigenvalue weighted by atomic mass is 31.2. The molecule has 0 bridgehead atoms. The minimum absolute atomic E-state index is 0.735. The van der Waals surface area contributed by atoms with Crippen LogP contribution in [0.4, 0.5) is 0 Å². The van der Waals surface area contributed by atoms with Gasteiger partial charge in [-0.15, -0.1) is 0 Å². The van der Waals surface area contributed by atoms with Gasteiger partial charge in [-0.1, -0.05) is 97.8 Å². The molecule has 0 rings (SSSR count). The SMILES string of the molecule is CCCCCCCC[P+](CCCCCCCC)(CCCCCCCC)C(C)C. The van der Waals surface area contributed by atoms with E-state index in [0.29, 0.717) is 0 Å². The first-order chi connectivity index (χ1) is 13.6. The normalized spacial score (nSPS) is 12.2. The zero-order valence-electron chi connectivity index (χ0n) is 20.9. The highest BCUT2D eigenvalue weighted by Crippen LogP contribution is 2.64. The molecule has 0 N–H and O–H groups in total. The second kappa shape index (κ2) is 20.7. The van der Waals surface area contributed by atoms with E-state index in [1.165, 1.54) is 116 Å². The lowest BCUT2D eigenvalue weighted by Crippen LogP contribution is -2.18. The van der Waals surface area contributed by atoms with Crippen LogP contribution in [0.5, 0.6) is 0 Å². The largest absolute Gasteiger partial charge is 0.0654 e. The molecule has 0 amide bonds. The van der Waals surface area contributed by atoms with Gasteiger partial charge in [0.05, 0.1) is 24.1 Å². The summed E-state index contributed by atoms with van der Waals surface area (Å²) in [6.07, 6.45) is 31.3. The second-order valence-electron chi connectivity index (χ2n) is 9.79. The van der Waals surface area contributed by atoms with Crippen molar-refractivity contribution in [2.45, 2.75) is 156 Å². The summed E-state index contributed by atoms with van der Waals surface area (Å²) in [4.78, 5) is 0. The molecule has 0 radical (unpaired) electrons. The lowest BCUT2D eigenvalue weighted by molar-refractivity contribution is 0.614. The van der Waals surface area contributed by atoms with Gasteiger partial charge in [0.25, 0.3) is 0 Å². The van der Waals surface area contributed by atoms with Crippen molar-refractivity contribution in [1.82, 2.24) is 0 Å². The minimum atomic E-state index is -0.735. The number of unbranched alkanes of at least 4 members (excludes halogenated alkanes) is 15. The molecule has 170 valence electrons. The van der Waals surface area contributed by atoms with Crippen molar-refractivity contribution in [3.05, 3.63) is 0 Å².